The number of hydrogen-bond donors (Lipinski definition) is 1. The fourth-order valence-electron chi connectivity index (χ4n) is 1.41. The summed E-state index contributed by atoms with van der Waals surface area (Å²) in [4.78, 5) is 8.23. The highest BCUT2D eigenvalue weighted by molar-refractivity contribution is 5.53. The summed E-state index contributed by atoms with van der Waals surface area (Å²) in [5.74, 6) is 0.529. The fraction of sp³-hybridized carbons (Fsp3) is 0.111. The Morgan fingerprint density at radius 3 is 3.00 bits per heavy atom. The molecule has 3 heterocycles. The lowest BCUT2D eigenvalue weighted by molar-refractivity contribution is 0.768. The van der Waals surface area contributed by atoms with Crippen LogP contribution in [0.3, 0.4) is 0 Å². The van der Waals surface area contributed by atoms with E-state index in [0.717, 1.165) is 5.69 Å². The van der Waals surface area contributed by atoms with Gasteiger partial charge >= 0.3 is 0 Å². The van der Waals surface area contributed by atoms with Gasteiger partial charge in [0.05, 0.1) is 18.1 Å². The van der Waals surface area contributed by atoms with E-state index in [2.05, 4.69) is 25.5 Å². The molecule has 0 saturated heterocycles. The second kappa shape index (κ2) is 3.30. The minimum absolute atomic E-state index is 0.529. The molecule has 3 rings (SSSR count). The average molecular weight is 215 g/mol. The van der Waals surface area contributed by atoms with Gasteiger partial charge in [-0.2, -0.15) is 10.1 Å². The molecule has 7 heteroatoms. The number of anilines is 2. The number of hydrogen-bond acceptors (Lipinski definition) is 5. The molecule has 3 aromatic rings. The van der Waals surface area contributed by atoms with Crippen molar-refractivity contribution in [3.8, 4) is 0 Å². The third-order valence-electron chi connectivity index (χ3n) is 2.10. The zero-order valence-electron chi connectivity index (χ0n) is 8.57. The Morgan fingerprint density at radius 2 is 2.25 bits per heavy atom. The molecule has 0 aliphatic heterocycles. The molecule has 0 aromatic carbocycles. The third-order valence-corrected chi connectivity index (χ3v) is 2.10. The van der Waals surface area contributed by atoms with Crippen LogP contribution in [0.15, 0.2) is 31.0 Å². The van der Waals surface area contributed by atoms with Gasteiger partial charge in [0.2, 0.25) is 5.95 Å². The zero-order valence-corrected chi connectivity index (χ0v) is 8.57. The molecule has 7 nitrogen and oxygen atoms in total. The lowest BCUT2D eigenvalue weighted by Gasteiger charge is -1.93. The monoisotopic (exact) mass is 215 g/mol. The number of nitrogens with zero attached hydrogens (tertiary/aromatic N) is 6. The van der Waals surface area contributed by atoms with Crippen LogP contribution in [0, 0.1) is 0 Å². The fourth-order valence-corrected chi connectivity index (χ4v) is 1.41. The van der Waals surface area contributed by atoms with E-state index in [4.69, 9.17) is 0 Å². The number of fused-ring (bicyclic) bond motifs is 1. The molecule has 0 radical (unpaired) electrons. The zero-order chi connectivity index (χ0) is 11.0. The molecule has 0 spiro atoms. The first-order valence-electron chi connectivity index (χ1n) is 4.73. The van der Waals surface area contributed by atoms with Crippen LogP contribution in [-0.2, 0) is 7.05 Å². The molecule has 0 bridgehead atoms. The highest BCUT2D eigenvalue weighted by atomic mass is 15.4. The Kier molecular flexibility index (Phi) is 1.82. The molecule has 0 aliphatic carbocycles. The summed E-state index contributed by atoms with van der Waals surface area (Å²) in [6, 6.07) is 0. The first-order chi connectivity index (χ1) is 7.81. The van der Waals surface area contributed by atoms with E-state index in [1.54, 1.807) is 34.0 Å². The van der Waals surface area contributed by atoms with E-state index in [-0.39, 0.29) is 0 Å². The summed E-state index contributed by atoms with van der Waals surface area (Å²) in [6.45, 7) is 0. The van der Waals surface area contributed by atoms with Gasteiger partial charge in [-0.05, 0) is 0 Å². The van der Waals surface area contributed by atoms with E-state index >= 15 is 0 Å². The van der Waals surface area contributed by atoms with Crippen LogP contribution in [0.1, 0.15) is 0 Å². The summed E-state index contributed by atoms with van der Waals surface area (Å²) in [5.41, 5.74) is 1.56. The molecule has 3 aromatic heterocycles. The first kappa shape index (κ1) is 8.84. The maximum atomic E-state index is 4.26. The maximum Gasteiger partial charge on any atom is 0.247 e. The summed E-state index contributed by atoms with van der Waals surface area (Å²) in [5, 5.41) is 11.3. The summed E-state index contributed by atoms with van der Waals surface area (Å²) < 4.78 is 3.37. The quantitative estimate of drug-likeness (QED) is 0.677. The molecular formula is C9H9N7. The van der Waals surface area contributed by atoms with Crippen molar-refractivity contribution in [1.82, 2.24) is 29.4 Å². The van der Waals surface area contributed by atoms with Crippen LogP contribution in [-0.4, -0.2) is 29.4 Å². The molecule has 80 valence electrons. The van der Waals surface area contributed by atoms with Crippen LogP contribution < -0.4 is 5.32 Å². The first-order valence-corrected chi connectivity index (χ1v) is 4.73. The van der Waals surface area contributed by atoms with Gasteiger partial charge < -0.3 is 5.32 Å². The second-order valence-electron chi connectivity index (χ2n) is 3.34. The van der Waals surface area contributed by atoms with Crippen molar-refractivity contribution in [3.05, 3.63) is 31.0 Å². The molecule has 0 atom stereocenters. The topological polar surface area (TPSA) is 72.9 Å². The van der Waals surface area contributed by atoms with Crippen LogP contribution in [0.4, 0.5) is 11.6 Å². The van der Waals surface area contributed by atoms with E-state index in [0.29, 0.717) is 11.6 Å². The predicted octanol–water partition coefficient (Wildman–Crippen LogP) is 0.601. The molecule has 0 saturated carbocycles. The highest BCUT2D eigenvalue weighted by Gasteiger charge is 2.03. The van der Waals surface area contributed by atoms with Crippen molar-refractivity contribution in [2.75, 3.05) is 5.32 Å². The van der Waals surface area contributed by atoms with Crippen molar-refractivity contribution in [2.45, 2.75) is 0 Å². The number of rotatable bonds is 2. The summed E-state index contributed by atoms with van der Waals surface area (Å²) in [7, 11) is 1.85. The van der Waals surface area contributed by atoms with Gasteiger partial charge in [-0.3, -0.25) is 9.67 Å². The lowest BCUT2D eigenvalue weighted by atomic mass is 10.6. The van der Waals surface area contributed by atoms with E-state index in [1.807, 2.05) is 13.2 Å². The van der Waals surface area contributed by atoms with Gasteiger partial charge in [0.15, 0.2) is 5.65 Å². The van der Waals surface area contributed by atoms with Crippen molar-refractivity contribution >= 4 is 17.3 Å². The Hall–Kier alpha value is -2.44. The molecule has 0 amide bonds. The highest BCUT2D eigenvalue weighted by Crippen LogP contribution is 2.11. The molecule has 0 aliphatic rings. The minimum Gasteiger partial charge on any atom is -0.320 e. The van der Waals surface area contributed by atoms with Crippen LogP contribution in [0.5, 0.6) is 0 Å². The third kappa shape index (κ3) is 1.48. The van der Waals surface area contributed by atoms with Gasteiger partial charge in [0.25, 0.3) is 0 Å². The molecule has 0 fully saturated rings. The van der Waals surface area contributed by atoms with Crippen LogP contribution >= 0.6 is 0 Å². The molecule has 0 unspecified atom stereocenters. The Balaban J connectivity index is 1.95. The van der Waals surface area contributed by atoms with E-state index < -0.39 is 0 Å². The molecular weight excluding hydrogens is 206 g/mol. The van der Waals surface area contributed by atoms with E-state index in [1.165, 1.54) is 0 Å². The molecule has 16 heavy (non-hydrogen) atoms. The van der Waals surface area contributed by atoms with Gasteiger partial charge in [0.1, 0.15) is 0 Å². The van der Waals surface area contributed by atoms with Gasteiger partial charge in [-0.25, -0.2) is 4.52 Å². The Labute approximate surface area is 90.8 Å². The van der Waals surface area contributed by atoms with Crippen LogP contribution in [0.25, 0.3) is 5.65 Å². The van der Waals surface area contributed by atoms with Crippen LogP contribution in [0.2, 0.25) is 0 Å². The average Bonchev–Trinajstić information content (AvgIpc) is 2.84. The molecule has 1 N–H and O–H groups in total. The maximum absolute atomic E-state index is 4.26. The van der Waals surface area contributed by atoms with Gasteiger partial charge in [-0.1, -0.05) is 0 Å². The van der Waals surface area contributed by atoms with Crippen molar-refractivity contribution in [2.24, 2.45) is 7.05 Å². The normalized spacial score (nSPS) is 10.8. The van der Waals surface area contributed by atoms with Crippen molar-refractivity contribution in [1.29, 1.82) is 0 Å². The minimum atomic E-state index is 0.529. The summed E-state index contributed by atoms with van der Waals surface area (Å²) in [6.07, 6.45) is 8.63. The lowest BCUT2D eigenvalue weighted by Crippen LogP contribution is -1.92. The number of aromatic nitrogens is 6. The smallest absolute Gasteiger partial charge is 0.247 e. The summed E-state index contributed by atoms with van der Waals surface area (Å²) >= 11 is 0. The predicted molar refractivity (Wildman–Crippen MR) is 57.3 cm³/mol. The standard InChI is InChI=1S/C9H9N7/c1-15-6-7(4-11-15)12-9-13-8-5-10-2-3-16(8)14-9/h2-6H,1H3,(H,12,14). The van der Waals surface area contributed by atoms with Crippen molar-refractivity contribution in [3.63, 3.8) is 0 Å². The Bertz CT molecular complexity index is 590. The Morgan fingerprint density at radius 1 is 1.31 bits per heavy atom. The second-order valence-corrected chi connectivity index (χ2v) is 3.34. The number of aryl methyl sites for hydroxylation is 1. The van der Waals surface area contributed by atoms with E-state index in [9.17, 15) is 0 Å². The number of nitrogens with one attached hydrogen (secondary N) is 1. The van der Waals surface area contributed by atoms with Gasteiger partial charge in [-0.15, -0.1) is 5.10 Å². The SMILES string of the molecule is Cn1cc(Nc2nc3cnccn3n2)cn1. The van der Waals surface area contributed by atoms with Crippen molar-refractivity contribution < 1.29 is 0 Å². The van der Waals surface area contributed by atoms with Gasteiger partial charge in [0, 0.05) is 25.6 Å². The largest absolute Gasteiger partial charge is 0.320 e.